The molecule has 5 heteroatoms. The van der Waals surface area contributed by atoms with Crippen LogP contribution in [-0.2, 0) is 4.79 Å². The van der Waals surface area contributed by atoms with Crippen LogP contribution in [0.1, 0.15) is 13.8 Å². The van der Waals surface area contributed by atoms with Crippen LogP contribution in [0.15, 0.2) is 53.3 Å². The predicted molar refractivity (Wildman–Crippen MR) is 92.2 cm³/mol. The van der Waals surface area contributed by atoms with Crippen LogP contribution in [0.5, 0.6) is 0 Å². The number of carbonyl (C=O) groups excluding carboxylic acids is 1. The van der Waals surface area contributed by atoms with E-state index in [1.807, 2.05) is 60.9 Å². The van der Waals surface area contributed by atoms with Gasteiger partial charge in [-0.2, -0.15) is 0 Å². The first-order valence-electron chi connectivity index (χ1n) is 7.08. The Balaban J connectivity index is 1.91. The van der Waals surface area contributed by atoms with E-state index < -0.39 is 0 Å². The number of benzene rings is 2. The van der Waals surface area contributed by atoms with Gasteiger partial charge in [-0.1, -0.05) is 29.8 Å². The molecule has 1 amide bonds. The molecule has 0 atom stereocenters. The topological polar surface area (TPSA) is 46.9 Å². The van der Waals surface area contributed by atoms with Crippen molar-refractivity contribution < 1.29 is 4.79 Å². The van der Waals surface area contributed by atoms with Crippen molar-refractivity contribution in [1.82, 2.24) is 9.55 Å². The van der Waals surface area contributed by atoms with Gasteiger partial charge in [0.25, 0.3) is 0 Å². The van der Waals surface area contributed by atoms with Gasteiger partial charge in [-0.3, -0.25) is 9.36 Å². The van der Waals surface area contributed by atoms with Gasteiger partial charge >= 0.3 is 0 Å². The molecule has 1 N–H and O–H groups in total. The van der Waals surface area contributed by atoms with Crippen molar-refractivity contribution in [3.8, 4) is 5.69 Å². The minimum Gasteiger partial charge on any atom is -0.326 e. The van der Waals surface area contributed by atoms with Gasteiger partial charge in [-0.05, 0) is 42.5 Å². The highest BCUT2D eigenvalue weighted by Gasteiger charge is 2.08. The van der Waals surface area contributed by atoms with E-state index in [1.165, 1.54) is 0 Å². The summed E-state index contributed by atoms with van der Waals surface area (Å²) >= 11 is 3.49. The number of imidazole rings is 1. The maximum Gasteiger partial charge on any atom is 0.226 e. The first-order chi connectivity index (χ1) is 10.5. The normalized spacial score (nSPS) is 11.1. The fourth-order valence-electron chi connectivity index (χ4n) is 2.18. The van der Waals surface area contributed by atoms with Crippen molar-refractivity contribution in [1.29, 1.82) is 0 Å². The maximum atomic E-state index is 11.7. The Morgan fingerprint density at radius 1 is 1.18 bits per heavy atom. The molecule has 112 valence electrons. The Labute approximate surface area is 137 Å². The van der Waals surface area contributed by atoms with Crippen LogP contribution in [0.3, 0.4) is 0 Å². The van der Waals surface area contributed by atoms with E-state index in [4.69, 9.17) is 0 Å². The summed E-state index contributed by atoms with van der Waals surface area (Å²) in [4.78, 5) is 16.1. The van der Waals surface area contributed by atoms with Gasteiger partial charge in [0.05, 0.1) is 11.0 Å². The molecule has 1 aromatic heterocycles. The van der Waals surface area contributed by atoms with Crippen LogP contribution in [-0.4, -0.2) is 15.5 Å². The lowest BCUT2D eigenvalue weighted by Crippen LogP contribution is -2.17. The molecule has 0 saturated carbocycles. The molecular weight excluding hydrogens is 342 g/mol. The van der Waals surface area contributed by atoms with Gasteiger partial charge < -0.3 is 5.32 Å². The average Bonchev–Trinajstić information content (AvgIpc) is 2.91. The molecule has 0 fully saturated rings. The Morgan fingerprint density at radius 3 is 2.59 bits per heavy atom. The van der Waals surface area contributed by atoms with Crippen molar-refractivity contribution in [2.24, 2.45) is 5.92 Å². The minimum atomic E-state index is -0.0328. The zero-order valence-electron chi connectivity index (χ0n) is 12.4. The molecule has 0 aliphatic rings. The largest absolute Gasteiger partial charge is 0.326 e. The van der Waals surface area contributed by atoms with Gasteiger partial charge in [0.1, 0.15) is 6.33 Å². The summed E-state index contributed by atoms with van der Waals surface area (Å²) in [6.45, 7) is 3.75. The summed E-state index contributed by atoms with van der Waals surface area (Å²) in [7, 11) is 0. The molecule has 22 heavy (non-hydrogen) atoms. The molecule has 0 unspecified atom stereocenters. The number of hydrogen-bond donors (Lipinski definition) is 1. The summed E-state index contributed by atoms with van der Waals surface area (Å²) in [5.41, 5.74) is 3.78. The number of carbonyl (C=O) groups is 1. The smallest absolute Gasteiger partial charge is 0.226 e. The van der Waals surface area contributed by atoms with Crippen LogP contribution < -0.4 is 5.32 Å². The van der Waals surface area contributed by atoms with Crippen molar-refractivity contribution in [3.05, 3.63) is 53.3 Å². The number of hydrogen-bond acceptors (Lipinski definition) is 2. The Kier molecular flexibility index (Phi) is 3.98. The highest BCUT2D eigenvalue weighted by Crippen LogP contribution is 2.23. The van der Waals surface area contributed by atoms with Crippen molar-refractivity contribution in [2.45, 2.75) is 13.8 Å². The third-order valence-corrected chi connectivity index (χ3v) is 3.94. The third kappa shape index (κ3) is 2.90. The first kappa shape index (κ1) is 14.8. The van der Waals surface area contributed by atoms with Gasteiger partial charge in [-0.25, -0.2) is 4.98 Å². The molecule has 0 aliphatic heterocycles. The molecule has 2 aromatic carbocycles. The van der Waals surface area contributed by atoms with Crippen molar-refractivity contribution in [2.75, 3.05) is 5.32 Å². The highest BCUT2D eigenvalue weighted by atomic mass is 79.9. The first-order valence-corrected chi connectivity index (χ1v) is 7.88. The third-order valence-electron chi connectivity index (χ3n) is 3.45. The second-order valence-electron chi connectivity index (χ2n) is 5.44. The molecule has 1 heterocycles. The summed E-state index contributed by atoms with van der Waals surface area (Å²) in [6.07, 6.45) is 1.80. The lowest BCUT2D eigenvalue weighted by atomic mass is 10.2. The van der Waals surface area contributed by atoms with Gasteiger partial charge in [0.2, 0.25) is 5.91 Å². The lowest BCUT2D eigenvalue weighted by molar-refractivity contribution is -0.118. The van der Waals surface area contributed by atoms with E-state index in [-0.39, 0.29) is 11.8 Å². The molecule has 0 bridgehead atoms. The quantitative estimate of drug-likeness (QED) is 0.755. The molecule has 0 saturated heterocycles. The molecular formula is C17H16BrN3O. The molecule has 0 spiro atoms. The average molecular weight is 358 g/mol. The van der Waals surface area contributed by atoms with Crippen LogP contribution in [0.4, 0.5) is 5.69 Å². The van der Waals surface area contributed by atoms with Crippen molar-refractivity contribution >= 4 is 38.6 Å². The Hall–Kier alpha value is -2.14. The molecule has 0 aliphatic carbocycles. The summed E-state index contributed by atoms with van der Waals surface area (Å²) in [5.74, 6) is -0.0145. The summed E-state index contributed by atoms with van der Waals surface area (Å²) in [5, 5.41) is 2.89. The SMILES string of the molecule is CC(C)C(=O)Nc1ccc(-n2cnc3ccc(Br)cc32)cc1. The standard InChI is InChI=1S/C17H16BrN3O/c1-11(2)17(22)20-13-4-6-14(7-5-13)21-10-19-15-8-3-12(18)9-16(15)21/h3-11H,1-2H3,(H,20,22). The number of nitrogens with zero attached hydrogens (tertiary/aromatic N) is 2. The number of nitrogens with one attached hydrogen (secondary N) is 1. The predicted octanol–water partition coefficient (Wildman–Crippen LogP) is 4.38. The number of amides is 1. The minimum absolute atomic E-state index is 0.0183. The maximum absolute atomic E-state index is 11.7. The monoisotopic (exact) mass is 357 g/mol. The van der Waals surface area contributed by atoms with E-state index >= 15 is 0 Å². The highest BCUT2D eigenvalue weighted by molar-refractivity contribution is 9.10. The van der Waals surface area contributed by atoms with Gasteiger partial charge in [-0.15, -0.1) is 0 Å². The molecule has 4 nitrogen and oxygen atoms in total. The molecule has 3 rings (SSSR count). The number of rotatable bonds is 3. The van der Waals surface area contributed by atoms with E-state index in [0.717, 1.165) is 26.9 Å². The summed E-state index contributed by atoms with van der Waals surface area (Å²) < 4.78 is 3.04. The lowest BCUT2D eigenvalue weighted by Gasteiger charge is -2.09. The zero-order chi connectivity index (χ0) is 15.7. The van der Waals surface area contributed by atoms with Gasteiger partial charge in [0, 0.05) is 21.8 Å². The number of anilines is 1. The Bertz CT molecular complexity index is 822. The van der Waals surface area contributed by atoms with E-state index in [1.54, 1.807) is 6.33 Å². The van der Waals surface area contributed by atoms with Crippen molar-refractivity contribution in [3.63, 3.8) is 0 Å². The fourth-order valence-corrected chi connectivity index (χ4v) is 2.53. The molecule has 0 radical (unpaired) electrons. The van der Waals surface area contributed by atoms with Crippen LogP contribution in [0.25, 0.3) is 16.7 Å². The second kappa shape index (κ2) is 5.93. The fraction of sp³-hybridized carbons (Fsp3) is 0.176. The van der Waals surface area contributed by atoms with Crippen LogP contribution >= 0.6 is 15.9 Å². The van der Waals surface area contributed by atoms with E-state index in [2.05, 4.69) is 26.2 Å². The zero-order valence-corrected chi connectivity index (χ0v) is 14.0. The van der Waals surface area contributed by atoms with E-state index in [9.17, 15) is 4.79 Å². The Morgan fingerprint density at radius 2 is 1.91 bits per heavy atom. The number of fused-ring (bicyclic) bond motifs is 1. The van der Waals surface area contributed by atoms with Crippen LogP contribution in [0, 0.1) is 5.92 Å². The van der Waals surface area contributed by atoms with E-state index in [0.29, 0.717) is 0 Å². The number of aromatic nitrogens is 2. The van der Waals surface area contributed by atoms with Gasteiger partial charge in [0.15, 0.2) is 0 Å². The number of halogens is 1. The summed E-state index contributed by atoms with van der Waals surface area (Å²) in [6, 6.07) is 13.7. The molecule has 3 aromatic rings. The second-order valence-corrected chi connectivity index (χ2v) is 6.35. The van der Waals surface area contributed by atoms with Crippen LogP contribution in [0.2, 0.25) is 0 Å².